The van der Waals surface area contributed by atoms with Gasteiger partial charge in [-0.3, -0.25) is 4.79 Å². The van der Waals surface area contributed by atoms with Crippen molar-refractivity contribution in [2.45, 2.75) is 29.8 Å². The minimum Gasteiger partial charge on any atom is -0.497 e. The van der Waals surface area contributed by atoms with E-state index in [4.69, 9.17) is 16.3 Å². The number of halogens is 1. The SMILES string of the molecule is CCc1nnc2n1N[C@H](c1ccc(Cl)cc1)[C@H](C(=O)Nc1ccc(OC)cc1)S2. The molecule has 0 saturated heterocycles. The van der Waals surface area contributed by atoms with Crippen molar-refractivity contribution < 1.29 is 9.53 Å². The van der Waals surface area contributed by atoms with Gasteiger partial charge in [0.1, 0.15) is 11.0 Å². The number of fused-ring (bicyclic) bond motifs is 1. The Hall–Kier alpha value is -2.71. The molecular formula is C20H20ClN5O2S. The van der Waals surface area contributed by atoms with Gasteiger partial charge in [0.05, 0.1) is 13.2 Å². The number of rotatable bonds is 5. The van der Waals surface area contributed by atoms with E-state index in [0.29, 0.717) is 15.9 Å². The lowest BCUT2D eigenvalue weighted by atomic mass is 10.0. The number of hydrogen-bond donors (Lipinski definition) is 2. The topological polar surface area (TPSA) is 81.1 Å². The Bertz CT molecular complexity index is 1010. The van der Waals surface area contributed by atoms with E-state index in [1.54, 1.807) is 7.11 Å². The maximum atomic E-state index is 13.2. The van der Waals surface area contributed by atoms with Gasteiger partial charge in [0.15, 0.2) is 5.82 Å². The number of nitrogens with zero attached hydrogens (tertiary/aromatic N) is 3. The number of thioether (sulfide) groups is 1. The number of carbonyl (C=O) groups excluding carboxylic acids is 1. The summed E-state index contributed by atoms with van der Waals surface area (Å²) >= 11 is 7.44. The first kappa shape index (κ1) is 19.6. The number of amides is 1. The standard InChI is InChI=1S/C20H20ClN5O2S/c1-3-16-23-24-20-26(16)25-17(12-4-6-13(21)7-5-12)18(29-20)19(27)22-14-8-10-15(28-2)11-9-14/h4-11,17-18,25H,3H2,1-2H3,(H,22,27)/t17-,18-/m1/s1. The molecule has 1 aromatic heterocycles. The number of carbonyl (C=O) groups is 1. The molecule has 1 aliphatic heterocycles. The molecular weight excluding hydrogens is 410 g/mol. The van der Waals surface area contributed by atoms with Crippen LogP contribution in [-0.2, 0) is 11.2 Å². The second-order valence-corrected chi connectivity index (χ2v) is 8.05. The van der Waals surface area contributed by atoms with Crippen LogP contribution in [0.5, 0.6) is 5.75 Å². The van der Waals surface area contributed by atoms with Crippen LogP contribution in [0, 0.1) is 0 Å². The lowest BCUT2D eigenvalue weighted by molar-refractivity contribution is -0.116. The van der Waals surface area contributed by atoms with Gasteiger partial charge in [-0.2, -0.15) is 0 Å². The summed E-state index contributed by atoms with van der Waals surface area (Å²) in [7, 11) is 1.61. The number of hydrogen-bond acceptors (Lipinski definition) is 6. The quantitative estimate of drug-likeness (QED) is 0.640. The Kier molecular flexibility index (Phi) is 5.64. The number of anilines is 1. The van der Waals surface area contributed by atoms with E-state index in [0.717, 1.165) is 23.6 Å². The van der Waals surface area contributed by atoms with Gasteiger partial charge in [0.2, 0.25) is 11.1 Å². The molecule has 9 heteroatoms. The predicted octanol–water partition coefficient (Wildman–Crippen LogP) is 3.90. The summed E-state index contributed by atoms with van der Waals surface area (Å²) in [5.74, 6) is 1.43. The fourth-order valence-electron chi connectivity index (χ4n) is 3.14. The fraction of sp³-hybridized carbons (Fsp3) is 0.250. The van der Waals surface area contributed by atoms with Crippen LogP contribution >= 0.6 is 23.4 Å². The summed E-state index contributed by atoms with van der Waals surface area (Å²) in [6.07, 6.45) is 0.733. The summed E-state index contributed by atoms with van der Waals surface area (Å²) in [5.41, 5.74) is 5.07. The highest BCUT2D eigenvalue weighted by molar-refractivity contribution is 8.00. The molecule has 2 N–H and O–H groups in total. The molecule has 0 bridgehead atoms. The number of ether oxygens (including phenoxy) is 1. The average Bonchev–Trinajstić information content (AvgIpc) is 3.16. The van der Waals surface area contributed by atoms with Gasteiger partial charge in [-0.15, -0.1) is 10.2 Å². The van der Waals surface area contributed by atoms with Crippen molar-refractivity contribution in [3.05, 3.63) is 64.9 Å². The Labute approximate surface area is 177 Å². The van der Waals surface area contributed by atoms with Crippen molar-refractivity contribution >= 4 is 35.0 Å². The summed E-state index contributed by atoms with van der Waals surface area (Å²) in [6, 6.07) is 14.5. The van der Waals surface area contributed by atoms with Gasteiger partial charge >= 0.3 is 0 Å². The van der Waals surface area contributed by atoms with E-state index >= 15 is 0 Å². The van der Waals surface area contributed by atoms with Crippen LogP contribution in [0.2, 0.25) is 5.02 Å². The van der Waals surface area contributed by atoms with E-state index in [1.165, 1.54) is 11.8 Å². The number of aryl methyl sites for hydroxylation is 1. The molecule has 1 aliphatic rings. The molecule has 7 nitrogen and oxygen atoms in total. The van der Waals surface area contributed by atoms with Gasteiger partial charge in [-0.25, -0.2) is 4.68 Å². The Morgan fingerprint density at radius 1 is 1.21 bits per heavy atom. The van der Waals surface area contributed by atoms with E-state index in [1.807, 2.05) is 60.1 Å². The van der Waals surface area contributed by atoms with Crippen LogP contribution in [0.15, 0.2) is 53.7 Å². The van der Waals surface area contributed by atoms with Gasteiger partial charge in [-0.05, 0) is 42.0 Å². The monoisotopic (exact) mass is 429 g/mol. The van der Waals surface area contributed by atoms with Crippen LogP contribution in [0.1, 0.15) is 24.4 Å². The molecule has 2 aromatic carbocycles. The van der Waals surface area contributed by atoms with Crippen molar-refractivity contribution in [3.63, 3.8) is 0 Å². The third-order valence-electron chi connectivity index (χ3n) is 4.67. The minimum absolute atomic E-state index is 0.125. The second-order valence-electron chi connectivity index (χ2n) is 6.50. The molecule has 3 aromatic rings. The maximum absolute atomic E-state index is 13.2. The Morgan fingerprint density at radius 3 is 2.59 bits per heavy atom. The lowest BCUT2D eigenvalue weighted by Gasteiger charge is -2.33. The summed E-state index contributed by atoms with van der Waals surface area (Å²) < 4.78 is 7.03. The zero-order chi connectivity index (χ0) is 20.4. The average molecular weight is 430 g/mol. The molecule has 1 amide bonds. The Balaban J connectivity index is 1.63. The van der Waals surface area contributed by atoms with Crippen LogP contribution in [0.25, 0.3) is 0 Å². The largest absolute Gasteiger partial charge is 0.497 e. The first-order chi connectivity index (χ1) is 14.1. The molecule has 2 heterocycles. The highest BCUT2D eigenvalue weighted by atomic mass is 35.5. The van der Waals surface area contributed by atoms with Crippen molar-refractivity contribution in [3.8, 4) is 5.75 Å². The molecule has 2 atom stereocenters. The van der Waals surface area contributed by atoms with Gasteiger partial charge in [-0.1, -0.05) is 42.4 Å². The number of nitrogens with one attached hydrogen (secondary N) is 2. The third-order valence-corrected chi connectivity index (χ3v) is 6.13. The molecule has 150 valence electrons. The fourth-order valence-corrected chi connectivity index (χ4v) is 4.36. The zero-order valence-electron chi connectivity index (χ0n) is 15.9. The highest BCUT2D eigenvalue weighted by Crippen LogP contribution is 2.38. The molecule has 0 aliphatic carbocycles. The molecule has 0 spiro atoms. The number of methoxy groups -OCH3 is 1. The number of aromatic nitrogens is 3. The summed E-state index contributed by atoms with van der Waals surface area (Å²) in [4.78, 5) is 13.2. The van der Waals surface area contributed by atoms with Crippen LogP contribution < -0.4 is 15.5 Å². The first-order valence-corrected chi connectivity index (χ1v) is 10.4. The predicted molar refractivity (Wildman–Crippen MR) is 114 cm³/mol. The summed E-state index contributed by atoms with van der Waals surface area (Å²) in [6.45, 7) is 2.02. The minimum atomic E-state index is -0.445. The van der Waals surface area contributed by atoms with Crippen molar-refractivity contribution in [1.82, 2.24) is 14.9 Å². The highest BCUT2D eigenvalue weighted by Gasteiger charge is 2.37. The first-order valence-electron chi connectivity index (χ1n) is 9.17. The zero-order valence-corrected chi connectivity index (χ0v) is 17.5. The van der Waals surface area contributed by atoms with Gasteiger partial charge < -0.3 is 15.5 Å². The molecule has 0 fully saturated rings. The maximum Gasteiger partial charge on any atom is 0.240 e. The van der Waals surface area contributed by atoms with E-state index < -0.39 is 5.25 Å². The molecule has 4 rings (SSSR count). The second kappa shape index (κ2) is 8.34. The Morgan fingerprint density at radius 2 is 1.93 bits per heavy atom. The molecule has 0 unspecified atom stereocenters. The normalized spacial score (nSPS) is 17.9. The van der Waals surface area contributed by atoms with Crippen LogP contribution in [-0.4, -0.2) is 33.1 Å². The van der Waals surface area contributed by atoms with E-state index in [2.05, 4.69) is 20.9 Å². The van der Waals surface area contributed by atoms with E-state index in [-0.39, 0.29) is 11.9 Å². The van der Waals surface area contributed by atoms with Crippen molar-refractivity contribution in [2.75, 3.05) is 17.9 Å². The third kappa shape index (κ3) is 4.04. The molecule has 0 radical (unpaired) electrons. The smallest absolute Gasteiger partial charge is 0.240 e. The van der Waals surface area contributed by atoms with Crippen molar-refractivity contribution in [1.29, 1.82) is 0 Å². The molecule has 29 heavy (non-hydrogen) atoms. The van der Waals surface area contributed by atoms with Gasteiger partial charge in [0.25, 0.3) is 0 Å². The van der Waals surface area contributed by atoms with E-state index in [9.17, 15) is 4.79 Å². The number of benzene rings is 2. The summed E-state index contributed by atoms with van der Waals surface area (Å²) in [5, 5.41) is 12.3. The van der Waals surface area contributed by atoms with Gasteiger partial charge in [0, 0.05) is 17.1 Å². The lowest BCUT2D eigenvalue weighted by Crippen LogP contribution is -2.41. The van der Waals surface area contributed by atoms with Crippen LogP contribution in [0.4, 0.5) is 5.69 Å². The molecule has 0 saturated carbocycles. The van der Waals surface area contributed by atoms with Crippen LogP contribution in [0.3, 0.4) is 0 Å². The van der Waals surface area contributed by atoms with Crippen molar-refractivity contribution in [2.24, 2.45) is 0 Å².